The lowest BCUT2D eigenvalue weighted by Crippen LogP contribution is -2.18. The summed E-state index contributed by atoms with van der Waals surface area (Å²) in [6.45, 7) is 4.25. The number of hydrogen-bond acceptors (Lipinski definition) is 1. The van der Waals surface area contributed by atoms with Crippen LogP contribution in [0.1, 0.15) is 55.2 Å². The third kappa shape index (κ3) is 3.69. The molecule has 1 aromatic rings. The van der Waals surface area contributed by atoms with E-state index in [2.05, 4.69) is 32.0 Å². The third-order valence-corrected chi connectivity index (χ3v) is 4.00. The standard InChI is InChI=1S/C17H24O/c1-13-10-14(2)12-15(11-13)8-9-17(18)16-6-4-3-5-7-16/h10-12,16H,3-9H2,1-2H3. The van der Waals surface area contributed by atoms with Crippen LogP contribution in [0.15, 0.2) is 18.2 Å². The van der Waals surface area contributed by atoms with Crippen molar-refractivity contribution in [1.82, 2.24) is 0 Å². The monoisotopic (exact) mass is 244 g/mol. The van der Waals surface area contributed by atoms with E-state index >= 15 is 0 Å². The molecule has 1 heteroatoms. The maximum absolute atomic E-state index is 12.1. The van der Waals surface area contributed by atoms with E-state index in [1.54, 1.807) is 0 Å². The van der Waals surface area contributed by atoms with Gasteiger partial charge in [-0.15, -0.1) is 0 Å². The molecule has 0 N–H and O–H groups in total. The van der Waals surface area contributed by atoms with E-state index in [9.17, 15) is 4.79 Å². The highest BCUT2D eigenvalue weighted by Gasteiger charge is 2.20. The summed E-state index contributed by atoms with van der Waals surface area (Å²) >= 11 is 0. The van der Waals surface area contributed by atoms with Crippen LogP contribution in [0.3, 0.4) is 0 Å². The molecule has 0 atom stereocenters. The average Bonchev–Trinajstić information content (AvgIpc) is 2.36. The van der Waals surface area contributed by atoms with Crippen molar-refractivity contribution in [3.05, 3.63) is 34.9 Å². The predicted molar refractivity (Wildman–Crippen MR) is 75.8 cm³/mol. The Balaban J connectivity index is 1.88. The van der Waals surface area contributed by atoms with Gasteiger partial charge in [0.05, 0.1) is 0 Å². The van der Waals surface area contributed by atoms with Gasteiger partial charge in [-0.3, -0.25) is 4.79 Å². The molecule has 1 nitrogen and oxygen atoms in total. The van der Waals surface area contributed by atoms with Gasteiger partial charge in [0.25, 0.3) is 0 Å². The summed E-state index contributed by atoms with van der Waals surface area (Å²) in [6.07, 6.45) is 7.73. The van der Waals surface area contributed by atoms with Crippen LogP contribution >= 0.6 is 0 Å². The zero-order chi connectivity index (χ0) is 13.0. The summed E-state index contributed by atoms with van der Waals surface area (Å²) in [4.78, 5) is 12.1. The molecule has 0 aliphatic heterocycles. The van der Waals surface area contributed by atoms with E-state index in [4.69, 9.17) is 0 Å². The molecule has 1 aliphatic carbocycles. The number of ketones is 1. The molecule has 0 aromatic heterocycles. The Morgan fingerprint density at radius 2 is 1.67 bits per heavy atom. The van der Waals surface area contributed by atoms with Crippen LogP contribution in [0.2, 0.25) is 0 Å². The van der Waals surface area contributed by atoms with Gasteiger partial charge in [0.1, 0.15) is 5.78 Å². The first-order valence-corrected chi connectivity index (χ1v) is 7.25. The summed E-state index contributed by atoms with van der Waals surface area (Å²) in [5, 5.41) is 0. The Kier molecular flexibility index (Phi) is 4.57. The highest BCUT2D eigenvalue weighted by Crippen LogP contribution is 2.25. The topological polar surface area (TPSA) is 17.1 Å². The minimum absolute atomic E-state index is 0.365. The second-order valence-electron chi connectivity index (χ2n) is 5.80. The van der Waals surface area contributed by atoms with Gasteiger partial charge in [-0.05, 0) is 38.7 Å². The largest absolute Gasteiger partial charge is 0.299 e. The molecule has 0 bridgehead atoms. The van der Waals surface area contributed by atoms with Crippen molar-refractivity contribution in [3.63, 3.8) is 0 Å². The summed E-state index contributed by atoms with van der Waals surface area (Å²) in [7, 11) is 0. The number of benzene rings is 1. The highest BCUT2D eigenvalue weighted by atomic mass is 16.1. The molecule has 0 spiro atoms. The van der Waals surface area contributed by atoms with Crippen molar-refractivity contribution in [3.8, 4) is 0 Å². The van der Waals surface area contributed by atoms with E-state index in [1.807, 2.05) is 0 Å². The Morgan fingerprint density at radius 3 is 2.28 bits per heavy atom. The summed E-state index contributed by atoms with van der Waals surface area (Å²) < 4.78 is 0. The summed E-state index contributed by atoms with van der Waals surface area (Å²) in [5.74, 6) is 0.860. The van der Waals surface area contributed by atoms with Crippen molar-refractivity contribution >= 4 is 5.78 Å². The first kappa shape index (κ1) is 13.3. The van der Waals surface area contributed by atoms with Crippen LogP contribution in [0, 0.1) is 19.8 Å². The van der Waals surface area contributed by atoms with Gasteiger partial charge in [0.2, 0.25) is 0 Å². The van der Waals surface area contributed by atoms with Crippen molar-refractivity contribution in [2.45, 2.75) is 58.8 Å². The van der Waals surface area contributed by atoms with Crippen LogP contribution in [0.4, 0.5) is 0 Å². The Hall–Kier alpha value is -1.11. The van der Waals surface area contributed by atoms with Gasteiger partial charge < -0.3 is 0 Å². The maximum atomic E-state index is 12.1. The normalized spacial score (nSPS) is 16.8. The Morgan fingerprint density at radius 1 is 1.06 bits per heavy atom. The Labute approximate surface area is 111 Å². The quantitative estimate of drug-likeness (QED) is 0.768. The molecule has 18 heavy (non-hydrogen) atoms. The smallest absolute Gasteiger partial charge is 0.136 e. The second-order valence-corrected chi connectivity index (χ2v) is 5.80. The van der Waals surface area contributed by atoms with Crippen molar-refractivity contribution in [2.24, 2.45) is 5.92 Å². The molecule has 0 unspecified atom stereocenters. The number of aryl methyl sites for hydroxylation is 3. The molecule has 98 valence electrons. The van der Waals surface area contributed by atoms with Crippen molar-refractivity contribution in [2.75, 3.05) is 0 Å². The van der Waals surface area contributed by atoms with Crippen LogP contribution in [-0.4, -0.2) is 5.78 Å². The lowest BCUT2D eigenvalue weighted by Gasteiger charge is -2.20. The first-order valence-electron chi connectivity index (χ1n) is 7.25. The fraction of sp³-hybridized carbons (Fsp3) is 0.588. The van der Waals surface area contributed by atoms with E-state index < -0.39 is 0 Å². The molecule has 0 heterocycles. The van der Waals surface area contributed by atoms with E-state index in [1.165, 1.54) is 36.0 Å². The fourth-order valence-corrected chi connectivity index (χ4v) is 3.11. The molecule has 1 aromatic carbocycles. The second kappa shape index (κ2) is 6.17. The van der Waals surface area contributed by atoms with Crippen LogP contribution in [0.25, 0.3) is 0 Å². The third-order valence-electron chi connectivity index (χ3n) is 4.00. The number of rotatable bonds is 4. The van der Waals surface area contributed by atoms with Gasteiger partial charge in [0, 0.05) is 12.3 Å². The van der Waals surface area contributed by atoms with Gasteiger partial charge >= 0.3 is 0 Å². The van der Waals surface area contributed by atoms with Gasteiger partial charge in [-0.1, -0.05) is 48.6 Å². The van der Waals surface area contributed by atoms with Crippen LogP contribution in [0.5, 0.6) is 0 Å². The molecule has 1 aliphatic rings. The number of carbonyl (C=O) groups is 1. The molecule has 0 saturated heterocycles. The van der Waals surface area contributed by atoms with Crippen LogP contribution in [-0.2, 0) is 11.2 Å². The predicted octanol–water partition coefficient (Wildman–Crippen LogP) is 4.39. The maximum Gasteiger partial charge on any atom is 0.136 e. The lowest BCUT2D eigenvalue weighted by molar-refractivity contribution is -0.123. The average molecular weight is 244 g/mol. The molecule has 1 fully saturated rings. The minimum atomic E-state index is 0.365. The molecular weight excluding hydrogens is 220 g/mol. The zero-order valence-electron chi connectivity index (χ0n) is 11.7. The Bertz CT molecular complexity index is 393. The van der Waals surface area contributed by atoms with Gasteiger partial charge in [-0.2, -0.15) is 0 Å². The highest BCUT2D eigenvalue weighted by molar-refractivity contribution is 5.81. The van der Waals surface area contributed by atoms with Crippen molar-refractivity contribution < 1.29 is 4.79 Å². The SMILES string of the molecule is Cc1cc(C)cc(CCC(=O)C2CCCCC2)c1. The fourth-order valence-electron chi connectivity index (χ4n) is 3.11. The van der Waals surface area contributed by atoms with Crippen molar-refractivity contribution in [1.29, 1.82) is 0 Å². The lowest BCUT2D eigenvalue weighted by atomic mass is 9.84. The van der Waals surface area contributed by atoms with Crippen LogP contribution < -0.4 is 0 Å². The molecule has 2 rings (SSSR count). The van der Waals surface area contributed by atoms with E-state index in [0.717, 1.165) is 25.7 Å². The molecular formula is C17H24O. The number of hydrogen-bond donors (Lipinski definition) is 0. The number of Topliss-reactive ketones (excluding diaryl/α,β-unsaturated/α-hetero) is 1. The molecule has 0 amide bonds. The number of carbonyl (C=O) groups excluding carboxylic acids is 1. The minimum Gasteiger partial charge on any atom is -0.299 e. The summed E-state index contributed by atoms with van der Waals surface area (Å²) in [5.41, 5.74) is 3.92. The zero-order valence-corrected chi connectivity index (χ0v) is 11.7. The first-order chi connectivity index (χ1) is 8.65. The molecule has 1 saturated carbocycles. The van der Waals surface area contributed by atoms with E-state index in [0.29, 0.717) is 11.7 Å². The van der Waals surface area contributed by atoms with E-state index in [-0.39, 0.29) is 0 Å². The van der Waals surface area contributed by atoms with Gasteiger partial charge in [-0.25, -0.2) is 0 Å². The summed E-state index contributed by atoms with van der Waals surface area (Å²) in [6, 6.07) is 6.61. The molecule has 0 radical (unpaired) electrons. The van der Waals surface area contributed by atoms with Gasteiger partial charge in [0.15, 0.2) is 0 Å².